The number of benzene rings is 1. The van der Waals surface area contributed by atoms with Gasteiger partial charge in [-0.1, -0.05) is 11.6 Å². The van der Waals surface area contributed by atoms with Crippen LogP contribution in [0.25, 0.3) is 0 Å². The Morgan fingerprint density at radius 1 is 1.35 bits per heavy atom. The third kappa shape index (κ3) is 3.87. The standard InChI is InChI=1S/C14H18ClNO4/c1-14(2,3)16(8-12(17)18)13(19)10-7-9(15)5-6-11(10)20-4/h5-7H,8H2,1-4H3,(H,17,18). The van der Waals surface area contributed by atoms with E-state index in [0.29, 0.717) is 10.8 Å². The molecule has 0 aliphatic carbocycles. The zero-order valence-electron chi connectivity index (χ0n) is 11.9. The minimum Gasteiger partial charge on any atom is -0.496 e. The summed E-state index contributed by atoms with van der Waals surface area (Å²) < 4.78 is 5.14. The highest BCUT2D eigenvalue weighted by Gasteiger charge is 2.30. The largest absolute Gasteiger partial charge is 0.496 e. The minimum absolute atomic E-state index is 0.246. The molecule has 0 radical (unpaired) electrons. The number of carboxylic acid groups (broad SMARTS) is 1. The normalized spacial score (nSPS) is 11.1. The molecule has 0 aliphatic rings. The maximum Gasteiger partial charge on any atom is 0.323 e. The lowest BCUT2D eigenvalue weighted by molar-refractivity contribution is -0.138. The summed E-state index contributed by atoms with van der Waals surface area (Å²) >= 11 is 5.90. The summed E-state index contributed by atoms with van der Waals surface area (Å²) in [6.07, 6.45) is 0. The van der Waals surface area contributed by atoms with E-state index in [2.05, 4.69) is 0 Å². The van der Waals surface area contributed by atoms with Gasteiger partial charge in [-0.25, -0.2) is 0 Å². The molecule has 0 aliphatic heterocycles. The summed E-state index contributed by atoms with van der Waals surface area (Å²) in [5.74, 6) is -1.15. The van der Waals surface area contributed by atoms with Gasteiger partial charge in [0.05, 0.1) is 12.7 Å². The van der Waals surface area contributed by atoms with Gasteiger partial charge in [0.1, 0.15) is 12.3 Å². The van der Waals surface area contributed by atoms with Crippen LogP contribution in [0.1, 0.15) is 31.1 Å². The molecule has 0 bridgehead atoms. The van der Waals surface area contributed by atoms with Crippen LogP contribution in [0.3, 0.4) is 0 Å². The molecule has 1 rings (SSSR count). The van der Waals surface area contributed by atoms with E-state index >= 15 is 0 Å². The second kappa shape index (κ2) is 6.13. The highest BCUT2D eigenvalue weighted by Crippen LogP contribution is 2.26. The summed E-state index contributed by atoms with van der Waals surface area (Å²) in [6.45, 7) is 4.92. The molecule has 5 nitrogen and oxygen atoms in total. The highest BCUT2D eigenvalue weighted by molar-refractivity contribution is 6.31. The molecular formula is C14H18ClNO4. The quantitative estimate of drug-likeness (QED) is 0.928. The number of ether oxygens (including phenoxy) is 1. The van der Waals surface area contributed by atoms with Crippen molar-refractivity contribution in [2.45, 2.75) is 26.3 Å². The van der Waals surface area contributed by atoms with Gasteiger partial charge in [0.15, 0.2) is 0 Å². The van der Waals surface area contributed by atoms with Crippen molar-refractivity contribution in [3.05, 3.63) is 28.8 Å². The number of carbonyl (C=O) groups excluding carboxylic acids is 1. The Morgan fingerprint density at radius 2 is 1.95 bits per heavy atom. The molecule has 0 unspecified atom stereocenters. The number of carboxylic acids is 1. The molecule has 1 amide bonds. The van der Waals surface area contributed by atoms with E-state index in [4.69, 9.17) is 21.4 Å². The lowest BCUT2D eigenvalue weighted by Crippen LogP contribution is -2.48. The van der Waals surface area contributed by atoms with Crippen molar-refractivity contribution in [3.8, 4) is 5.75 Å². The molecule has 0 aromatic heterocycles. The molecule has 0 heterocycles. The first-order chi connectivity index (χ1) is 9.16. The van der Waals surface area contributed by atoms with Crippen LogP contribution in [0.5, 0.6) is 5.75 Å². The average Bonchev–Trinajstić information content (AvgIpc) is 2.33. The van der Waals surface area contributed by atoms with Crippen LogP contribution in [0.4, 0.5) is 0 Å². The van der Waals surface area contributed by atoms with Crippen LogP contribution < -0.4 is 4.74 Å². The van der Waals surface area contributed by atoms with Gasteiger partial charge < -0.3 is 14.7 Å². The first kappa shape index (κ1) is 16.3. The third-order valence-electron chi connectivity index (χ3n) is 2.74. The SMILES string of the molecule is COc1ccc(Cl)cc1C(=O)N(CC(=O)O)C(C)(C)C. The van der Waals surface area contributed by atoms with Crippen molar-refractivity contribution in [1.29, 1.82) is 0 Å². The predicted molar refractivity (Wildman–Crippen MR) is 76.4 cm³/mol. The number of hydrogen-bond acceptors (Lipinski definition) is 3. The molecule has 110 valence electrons. The van der Waals surface area contributed by atoms with Gasteiger partial charge in [0.2, 0.25) is 0 Å². The van der Waals surface area contributed by atoms with E-state index in [-0.39, 0.29) is 5.56 Å². The lowest BCUT2D eigenvalue weighted by Gasteiger charge is -2.34. The van der Waals surface area contributed by atoms with Crippen LogP contribution in [-0.2, 0) is 4.79 Å². The molecule has 1 aromatic carbocycles. The molecular weight excluding hydrogens is 282 g/mol. The number of methoxy groups -OCH3 is 1. The minimum atomic E-state index is -1.07. The molecule has 0 fully saturated rings. The fraction of sp³-hybridized carbons (Fsp3) is 0.429. The summed E-state index contributed by atoms with van der Waals surface area (Å²) in [6, 6.07) is 4.66. The molecule has 0 saturated carbocycles. The Hall–Kier alpha value is -1.75. The van der Waals surface area contributed by atoms with Crippen molar-refractivity contribution < 1.29 is 19.4 Å². The van der Waals surface area contributed by atoms with Crippen LogP contribution in [0.2, 0.25) is 5.02 Å². The lowest BCUT2D eigenvalue weighted by atomic mass is 10.0. The van der Waals surface area contributed by atoms with Gasteiger partial charge in [-0.2, -0.15) is 0 Å². The fourth-order valence-corrected chi connectivity index (χ4v) is 1.91. The first-order valence-electron chi connectivity index (χ1n) is 6.04. The molecule has 0 atom stereocenters. The van der Waals surface area contributed by atoms with Crippen molar-refractivity contribution in [1.82, 2.24) is 4.90 Å². The van der Waals surface area contributed by atoms with Crippen molar-refractivity contribution in [3.63, 3.8) is 0 Å². The molecule has 20 heavy (non-hydrogen) atoms. The van der Waals surface area contributed by atoms with E-state index in [1.807, 2.05) is 0 Å². The molecule has 0 saturated heterocycles. The molecule has 1 aromatic rings. The van der Waals surface area contributed by atoms with Crippen LogP contribution >= 0.6 is 11.6 Å². The Bertz CT molecular complexity index is 522. The summed E-state index contributed by atoms with van der Waals surface area (Å²) in [5, 5.41) is 9.36. The molecule has 6 heteroatoms. The van der Waals surface area contributed by atoms with Crippen LogP contribution in [0, 0.1) is 0 Å². The molecule has 0 spiro atoms. The van der Waals surface area contributed by atoms with E-state index in [9.17, 15) is 9.59 Å². The van der Waals surface area contributed by atoms with E-state index in [0.717, 1.165) is 0 Å². The first-order valence-corrected chi connectivity index (χ1v) is 6.42. The second-order valence-corrected chi connectivity index (χ2v) is 5.74. The number of halogens is 1. The number of rotatable bonds is 4. The molecule has 1 N–H and O–H groups in total. The Balaban J connectivity index is 3.25. The number of aliphatic carboxylic acids is 1. The topological polar surface area (TPSA) is 66.8 Å². The van der Waals surface area contributed by atoms with Crippen LogP contribution in [-0.4, -0.2) is 41.1 Å². The number of nitrogens with zero attached hydrogens (tertiary/aromatic N) is 1. The Morgan fingerprint density at radius 3 is 2.40 bits per heavy atom. The van der Waals surface area contributed by atoms with Crippen molar-refractivity contribution in [2.75, 3.05) is 13.7 Å². The number of amides is 1. The van der Waals surface area contributed by atoms with Gasteiger partial charge in [-0.05, 0) is 39.0 Å². The highest BCUT2D eigenvalue weighted by atomic mass is 35.5. The monoisotopic (exact) mass is 299 g/mol. The number of hydrogen-bond donors (Lipinski definition) is 1. The Labute approximate surface area is 123 Å². The van der Waals surface area contributed by atoms with E-state index in [1.54, 1.807) is 32.9 Å². The smallest absolute Gasteiger partial charge is 0.323 e. The average molecular weight is 300 g/mol. The Kier molecular flexibility index (Phi) is 5.00. The van der Waals surface area contributed by atoms with E-state index in [1.165, 1.54) is 18.1 Å². The van der Waals surface area contributed by atoms with E-state index < -0.39 is 24.0 Å². The van der Waals surface area contributed by atoms with Crippen molar-refractivity contribution in [2.24, 2.45) is 0 Å². The third-order valence-corrected chi connectivity index (χ3v) is 2.98. The second-order valence-electron chi connectivity index (χ2n) is 5.30. The van der Waals surface area contributed by atoms with Crippen LogP contribution in [0.15, 0.2) is 18.2 Å². The van der Waals surface area contributed by atoms with Gasteiger partial charge in [-0.15, -0.1) is 0 Å². The van der Waals surface area contributed by atoms with Gasteiger partial charge in [0, 0.05) is 10.6 Å². The van der Waals surface area contributed by atoms with Crippen molar-refractivity contribution >= 4 is 23.5 Å². The van der Waals surface area contributed by atoms with Gasteiger partial charge >= 0.3 is 5.97 Å². The maximum atomic E-state index is 12.6. The van der Waals surface area contributed by atoms with Gasteiger partial charge in [0.25, 0.3) is 5.91 Å². The van der Waals surface area contributed by atoms with Gasteiger partial charge in [-0.3, -0.25) is 9.59 Å². The number of carbonyl (C=O) groups is 2. The maximum absolute atomic E-state index is 12.6. The summed E-state index contributed by atoms with van der Waals surface area (Å²) in [7, 11) is 1.44. The summed E-state index contributed by atoms with van der Waals surface area (Å²) in [4.78, 5) is 24.8. The fourth-order valence-electron chi connectivity index (χ4n) is 1.74. The predicted octanol–water partition coefficient (Wildman–Crippen LogP) is 2.67. The zero-order chi connectivity index (χ0) is 15.5. The summed E-state index contributed by atoms with van der Waals surface area (Å²) in [5.41, 5.74) is -0.390. The zero-order valence-corrected chi connectivity index (χ0v) is 12.7.